The fraction of sp³-hybridized carbons (Fsp3) is 0.615. The Balaban J connectivity index is 2.88. The molecule has 0 aliphatic heterocycles. The molecule has 1 aromatic rings. The van der Waals surface area contributed by atoms with Crippen molar-refractivity contribution < 1.29 is 9.84 Å². The van der Waals surface area contributed by atoms with Crippen LogP contribution in [0.15, 0.2) is 18.3 Å². The Kier molecular flexibility index (Phi) is 4.34. The van der Waals surface area contributed by atoms with Gasteiger partial charge in [-0.05, 0) is 39.8 Å². The second kappa shape index (κ2) is 5.36. The van der Waals surface area contributed by atoms with Crippen molar-refractivity contribution in [2.24, 2.45) is 0 Å². The van der Waals surface area contributed by atoms with E-state index < -0.39 is 5.60 Å². The number of nitrogens with zero attached hydrogens (tertiary/aromatic N) is 2. The van der Waals surface area contributed by atoms with Crippen LogP contribution in [0.3, 0.4) is 0 Å². The lowest BCUT2D eigenvalue weighted by molar-refractivity contribution is 0.0883. The zero-order valence-electron chi connectivity index (χ0n) is 11.3. The first kappa shape index (κ1) is 13.8. The van der Waals surface area contributed by atoms with E-state index in [1.807, 2.05) is 37.9 Å². The number of pyridine rings is 1. The summed E-state index contributed by atoms with van der Waals surface area (Å²) in [5, 5.41) is 9.81. The minimum Gasteiger partial charge on any atom is -0.487 e. The summed E-state index contributed by atoms with van der Waals surface area (Å²) in [5.74, 6) is 1.50. The molecule has 1 aromatic heterocycles. The molecule has 4 nitrogen and oxygen atoms in total. The fourth-order valence-electron chi connectivity index (χ4n) is 1.67. The molecule has 4 heteroatoms. The number of anilines is 1. The maximum atomic E-state index is 9.81. The van der Waals surface area contributed by atoms with E-state index in [0.717, 1.165) is 11.6 Å². The number of rotatable bonds is 5. The second-order valence-corrected chi connectivity index (χ2v) is 5.16. The summed E-state index contributed by atoms with van der Waals surface area (Å²) < 4.78 is 5.70. The first-order valence-corrected chi connectivity index (χ1v) is 5.85. The molecule has 0 saturated heterocycles. The number of aliphatic hydroxyl groups is 1. The van der Waals surface area contributed by atoms with Gasteiger partial charge in [0.25, 0.3) is 0 Å². The third kappa shape index (κ3) is 4.61. The van der Waals surface area contributed by atoms with Crippen LogP contribution in [0.25, 0.3) is 0 Å². The third-order valence-electron chi connectivity index (χ3n) is 2.10. The van der Waals surface area contributed by atoms with E-state index in [1.165, 1.54) is 0 Å². The van der Waals surface area contributed by atoms with E-state index in [1.54, 1.807) is 20.0 Å². The van der Waals surface area contributed by atoms with E-state index in [4.69, 9.17) is 4.74 Å². The molecule has 0 amide bonds. The molecular weight excluding hydrogens is 216 g/mol. The summed E-state index contributed by atoms with van der Waals surface area (Å²) in [6.07, 6.45) is 1.83. The maximum absolute atomic E-state index is 9.81. The Morgan fingerprint density at radius 1 is 1.47 bits per heavy atom. The summed E-state index contributed by atoms with van der Waals surface area (Å²) in [5.41, 5.74) is -0.763. The van der Waals surface area contributed by atoms with Crippen molar-refractivity contribution in [2.45, 2.75) is 39.4 Å². The van der Waals surface area contributed by atoms with Crippen molar-refractivity contribution in [1.82, 2.24) is 4.98 Å². The Morgan fingerprint density at radius 2 is 2.12 bits per heavy atom. The van der Waals surface area contributed by atoms with Gasteiger partial charge in [0, 0.05) is 19.8 Å². The van der Waals surface area contributed by atoms with Crippen LogP contribution < -0.4 is 9.64 Å². The van der Waals surface area contributed by atoms with Gasteiger partial charge in [-0.3, -0.25) is 0 Å². The van der Waals surface area contributed by atoms with E-state index in [9.17, 15) is 5.11 Å². The molecule has 0 aliphatic carbocycles. The van der Waals surface area contributed by atoms with Crippen molar-refractivity contribution in [3.8, 4) is 5.75 Å². The molecule has 1 heterocycles. The van der Waals surface area contributed by atoms with E-state index in [0.29, 0.717) is 6.54 Å². The number of ether oxygens (including phenoxy) is 1. The zero-order valence-corrected chi connectivity index (χ0v) is 11.3. The smallest absolute Gasteiger partial charge is 0.171 e. The normalized spacial score (nSPS) is 11.7. The first-order valence-electron chi connectivity index (χ1n) is 5.85. The molecule has 0 atom stereocenters. The highest BCUT2D eigenvalue weighted by Crippen LogP contribution is 2.26. The summed E-state index contributed by atoms with van der Waals surface area (Å²) in [6, 6.07) is 3.74. The monoisotopic (exact) mass is 238 g/mol. The summed E-state index contributed by atoms with van der Waals surface area (Å²) in [7, 11) is 1.90. The molecule has 0 aromatic carbocycles. The Hall–Kier alpha value is -1.29. The number of hydrogen-bond acceptors (Lipinski definition) is 4. The van der Waals surface area contributed by atoms with Crippen LogP contribution in [-0.4, -0.2) is 35.4 Å². The Bertz CT molecular complexity index is 359. The average Bonchev–Trinajstić information content (AvgIpc) is 2.14. The number of hydrogen-bond donors (Lipinski definition) is 1. The predicted octanol–water partition coefficient (Wildman–Crippen LogP) is 2.08. The van der Waals surface area contributed by atoms with Gasteiger partial charge in [-0.2, -0.15) is 0 Å². The van der Waals surface area contributed by atoms with Crippen LogP contribution in [0.5, 0.6) is 5.75 Å². The van der Waals surface area contributed by atoms with E-state index >= 15 is 0 Å². The van der Waals surface area contributed by atoms with Gasteiger partial charge in [-0.1, -0.05) is 0 Å². The molecule has 0 bridgehead atoms. The van der Waals surface area contributed by atoms with Gasteiger partial charge >= 0.3 is 0 Å². The van der Waals surface area contributed by atoms with Gasteiger partial charge < -0.3 is 14.7 Å². The lowest BCUT2D eigenvalue weighted by atomic mass is 10.1. The summed E-state index contributed by atoms with van der Waals surface area (Å²) in [6.45, 7) is 8.00. The molecule has 0 saturated carbocycles. The highest BCUT2D eigenvalue weighted by Gasteiger charge is 2.19. The van der Waals surface area contributed by atoms with Gasteiger partial charge in [0.1, 0.15) is 0 Å². The molecule has 17 heavy (non-hydrogen) atoms. The molecule has 0 fully saturated rings. The summed E-state index contributed by atoms with van der Waals surface area (Å²) >= 11 is 0. The minimum atomic E-state index is -0.763. The lowest BCUT2D eigenvalue weighted by Crippen LogP contribution is -2.36. The fourth-order valence-corrected chi connectivity index (χ4v) is 1.67. The van der Waals surface area contributed by atoms with Crippen LogP contribution in [0.4, 0.5) is 5.82 Å². The second-order valence-electron chi connectivity index (χ2n) is 5.16. The molecule has 0 unspecified atom stereocenters. The zero-order chi connectivity index (χ0) is 13.1. The van der Waals surface area contributed by atoms with Crippen molar-refractivity contribution in [2.75, 3.05) is 18.5 Å². The molecule has 0 aliphatic rings. The van der Waals surface area contributed by atoms with Gasteiger partial charge in [0.15, 0.2) is 11.6 Å². The number of aromatic nitrogens is 1. The van der Waals surface area contributed by atoms with Crippen LogP contribution in [-0.2, 0) is 0 Å². The largest absolute Gasteiger partial charge is 0.487 e. The highest BCUT2D eigenvalue weighted by molar-refractivity contribution is 5.51. The van der Waals surface area contributed by atoms with Gasteiger partial charge in [0.2, 0.25) is 0 Å². The third-order valence-corrected chi connectivity index (χ3v) is 2.10. The topological polar surface area (TPSA) is 45.6 Å². The standard InChI is InChI=1S/C13H22N2O2/c1-10(2)17-11-7-6-8-14-12(11)15(5)9-13(3,4)16/h6-8,10,16H,9H2,1-5H3. The number of likely N-dealkylation sites (N-methyl/N-ethyl adjacent to an activating group) is 1. The van der Waals surface area contributed by atoms with Crippen LogP contribution in [0.1, 0.15) is 27.7 Å². The predicted molar refractivity (Wildman–Crippen MR) is 69.6 cm³/mol. The highest BCUT2D eigenvalue weighted by atomic mass is 16.5. The minimum absolute atomic E-state index is 0.105. The van der Waals surface area contributed by atoms with Crippen molar-refractivity contribution >= 4 is 5.82 Å². The van der Waals surface area contributed by atoms with Gasteiger partial charge in [0.05, 0.1) is 11.7 Å². The SMILES string of the molecule is CC(C)Oc1cccnc1N(C)CC(C)(C)O. The molecular formula is C13H22N2O2. The Labute approximate surface area is 103 Å². The molecule has 0 radical (unpaired) electrons. The quantitative estimate of drug-likeness (QED) is 0.853. The van der Waals surface area contributed by atoms with Gasteiger partial charge in [-0.15, -0.1) is 0 Å². The first-order chi connectivity index (χ1) is 7.79. The van der Waals surface area contributed by atoms with E-state index in [2.05, 4.69) is 4.98 Å². The van der Waals surface area contributed by atoms with Crippen molar-refractivity contribution in [3.05, 3.63) is 18.3 Å². The average molecular weight is 238 g/mol. The van der Waals surface area contributed by atoms with Gasteiger partial charge in [-0.25, -0.2) is 4.98 Å². The molecule has 96 valence electrons. The molecule has 1 rings (SSSR count). The van der Waals surface area contributed by atoms with Crippen molar-refractivity contribution in [3.63, 3.8) is 0 Å². The van der Waals surface area contributed by atoms with Crippen LogP contribution in [0.2, 0.25) is 0 Å². The molecule has 1 N–H and O–H groups in total. The lowest BCUT2D eigenvalue weighted by Gasteiger charge is -2.27. The van der Waals surface area contributed by atoms with E-state index in [-0.39, 0.29) is 6.10 Å². The Morgan fingerprint density at radius 3 is 2.65 bits per heavy atom. The maximum Gasteiger partial charge on any atom is 0.171 e. The summed E-state index contributed by atoms with van der Waals surface area (Å²) in [4.78, 5) is 6.21. The molecule has 0 spiro atoms. The van der Waals surface area contributed by atoms with Crippen LogP contribution >= 0.6 is 0 Å². The van der Waals surface area contributed by atoms with Crippen LogP contribution in [0, 0.1) is 0 Å². The van der Waals surface area contributed by atoms with Crippen molar-refractivity contribution in [1.29, 1.82) is 0 Å².